The van der Waals surface area contributed by atoms with Crippen LogP contribution in [0.25, 0.3) is 0 Å². The number of hydrogen-bond donors (Lipinski definition) is 1. The predicted molar refractivity (Wildman–Crippen MR) is 88.5 cm³/mol. The molecule has 2 aliphatic heterocycles. The van der Waals surface area contributed by atoms with E-state index >= 15 is 0 Å². The van der Waals surface area contributed by atoms with Gasteiger partial charge in [0.2, 0.25) is 0 Å². The number of hydrogen-bond acceptors (Lipinski definition) is 4. The number of nitrogens with two attached hydrogens (primary N) is 1. The van der Waals surface area contributed by atoms with Gasteiger partial charge in [-0.2, -0.15) is 0 Å². The van der Waals surface area contributed by atoms with Crippen molar-refractivity contribution in [2.45, 2.75) is 69.6 Å². The quantitative estimate of drug-likeness (QED) is 0.830. The molecule has 1 saturated carbocycles. The fourth-order valence-corrected chi connectivity index (χ4v) is 4.68. The van der Waals surface area contributed by atoms with Crippen LogP contribution in [0.2, 0.25) is 0 Å². The van der Waals surface area contributed by atoms with Gasteiger partial charge < -0.3 is 10.6 Å². The highest BCUT2D eigenvalue weighted by molar-refractivity contribution is 5.07. The fraction of sp³-hybridized carbons (Fsp3) is 1.00. The maximum absolute atomic E-state index is 6.30. The number of rotatable bonds is 5. The second-order valence-corrected chi connectivity index (χ2v) is 7.66. The van der Waals surface area contributed by atoms with Crippen molar-refractivity contribution in [1.82, 2.24) is 14.7 Å². The molecule has 0 aromatic rings. The molecule has 0 aromatic carbocycles. The Hall–Kier alpha value is -0.160. The highest BCUT2D eigenvalue weighted by Crippen LogP contribution is 2.40. The molecule has 0 radical (unpaired) electrons. The van der Waals surface area contributed by atoms with Crippen LogP contribution < -0.4 is 5.73 Å². The van der Waals surface area contributed by atoms with E-state index in [0.29, 0.717) is 6.04 Å². The van der Waals surface area contributed by atoms with Crippen LogP contribution in [0, 0.1) is 0 Å². The maximum atomic E-state index is 6.30. The molecule has 0 bridgehead atoms. The van der Waals surface area contributed by atoms with Gasteiger partial charge in [-0.15, -0.1) is 0 Å². The van der Waals surface area contributed by atoms with E-state index in [9.17, 15) is 0 Å². The third-order valence-corrected chi connectivity index (χ3v) is 6.41. The number of likely N-dealkylation sites (tertiary alicyclic amines) is 2. The maximum Gasteiger partial charge on any atom is 0.0473 e. The lowest BCUT2D eigenvalue weighted by Gasteiger charge is -2.46. The summed E-state index contributed by atoms with van der Waals surface area (Å²) in [5.41, 5.74) is 6.52. The Morgan fingerprint density at radius 1 is 1.19 bits per heavy atom. The van der Waals surface area contributed by atoms with Crippen molar-refractivity contribution in [3.63, 3.8) is 0 Å². The van der Waals surface area contributed by atoms with Crippen LogP contribution >= 0.6 is 0 Å². The Balaban J connectivity index is 1.65. The second-order valence-electron chi connectivity index (χ2n) is 7.66. The van der Waals surface area contributed by atoms with Gasteiger partial charge in [-0.1, -0.05) is 6.92 Å². The van der Waals surface area contributed by atoms with E-state index in [4.69, 9.17) is 5.73 Å². The lowest BCUT2D eigenvalue weighted by Crippen LogP contribution is -2.59. The molecule has 0 spiro atoms. The van der Waals surface area contributed by atoms with Gasteiger partial charge in [-0.25, -0.2) is 0 Å². The largest absolute Gasteiger partial charge is 0.329 e. The molecular formula is C17H34N4. The number of piperidine rings is 1. The van der Waals surface area contributed by atoms with Crippen LogP contribution in [0.4, 0.5) is 0 Å². The SMILES string of the molecule is CCN1CCC(N(C)C2(CN)CC(C)N(C3CC3)C2)CC1. The summed E-state index contributed by atoms with van der Waals surface area (Å²) in [6, 6.07) is 2.30. The van der Waals surface area contributed by atoms with E-state index in [1.54, 1.807) is 0 Å². The average Bonchev–Trinajstić information content (AvgIpc) is 3.30. The third kappa shape index (κ3) is 3.00. The predicted octanol–water partition coefficient (Wildman–Crippen LogP) is 1.36. The minimum Gasteiger partial charge on any atom is -0.329 e. The van der Waals surface area contributed by atoms with Gasteiger partial charge in [0.05, 0.1) is 0 Å². The molecule has 0 amide bonds. The van der Waals surface area contributed by atoms with Crippen molar-refractivity contribution in [2.24, 2.45) is 5.73 Å². The fourth-order valence-electron chi connectivity index (χ4n) is 4.68. The molecule has 0 aromatic heterocycles. The van der Waals surface area contributed by atoms with Gasteiger partial charge >= 0.3 is 0 Å². The molecule has 2 heterocycles. The molecule has 2 saturated heterocycles. The zero-order valence-corrected chi connectivity index (χ0v) is 14.2. The molecule has 122 valence electrons. The summed E-state index contributed by atoms with van der Waals surface area (Å²) in [5.74, 6) is 0. The molecule has 3 aliphatic rings. The van der Waals surface area contributed by atoms with Crippen LogP contribution in [0.1, 0.15) is 46.0 Å². The minimum absolute atomic E-state index is 0.223. The normalized spacial score (nSPS) is 36.7. The first-order valence-corrected chi connectivity index (χ1v) is 9.00. The van der Waals surface area contributed by atoms with Gasteiger partial charge in [0.1, 0.15) is 0 Å². The van der Waals surface area contributed by atoms with Crippen LogP contribution in [-0.4, -0.2) is 78.1 Å². The molecule has 1 aliphatic carbocycles. The first kappa shape index (κ1) is 15.7. The van der Waals surface area contributed by atoms with E-state index in [0.717, 1.165) is 18.6 Å². The van der Waals surface area contributed by atoms with E-state index in [1.807, 2.05) is 0 Å². The lowest BCUT2D eigenvalue weighted by atomic mass is 9.90. The van der Waals surface area contributed by atoms with E-state index in [2.05, 4.69) is 35.6 Å². The van der Waals surface area contributed by atoms with Gasteiger partial charge in [0.25, 0.3) is 0 Å². The second kappa shape index (κ2) is 6.15. The lowest BCUT2D eigenvalue weighted by molar-refractivity contribution is 0.0435. The topological polar surface area (TPSA) is 35.7 Å². The van der Waals surface area contributed by atoms with Crippen LogP contribution in [0.5, 0.6) is 0 Å². The van der Waals surface area contributed by atoms with Crippen molar-refractivity contribution < 1.29 is 0 Å². The molecule has 2 atom stereocenters. The Morgan fingerprint density at radius 3 is 2.38 bits per heavy atom. The molecule has 2 unspecified atom stereocenters. The highest BCUT2D eigenvalue weighted by Gasteiger charge is 2.49. The third-order valence-electron chi connectivity index (χ3n) is 6.41. The van der Waals surface area contributed by atoms with Crippen LogP contribution in [-0.2, 0) is 0 Å². The standard InChI is InChI=1S/C17H34N4/c1-4-20-9-7-15(8-10-20)19(3)17(12-18)11-14(2)21(13-17)16-5-6-16/h14-16H,4-13,18H2,1-3H3. The summed E-state index contributed by atoms with van der Waals surface area (Å²) in [4.78, 5) is 8.00. The van der Waals surface area contributed by atoms with Crippen molar-refractivity contribution in [3.05, 3.63) is 0 Å². The summed E-state index contributed by atoms with van der Waals surface area (Å²) in [6.45, 7) is 10.4. The summed E-state index contributed by atoms with van der Waals surface area (Å²) in [7, 11) is 2.35. The molecule has 3 fully saturated rings. The van der Waals surface area contributed by atoms with Crippen molar-refractivity contribution in [2.75, 3.05) is 39.8 Å². The Labute approximate surface area is 130 Å². The van der Waals surface area contributed by atoms with Crippen LogP contribution in [0.3, 0.4) is 0 Å². The minimum atomic E-state index is 0.223. The number of nitrogens with zero attached hydrogens (tertiary/aromatic N) is 3. The van der Waals surface area contributed by atoms with Gasteiger partial charge in [-0.3, -0.25) is 9.80 Å². The molecule has 21 heavy (non-hydrogen) atoms. The first-order chi connectivity index (χ1) is 10.1. The Bertz CT molecular complexity index is 349. The van der Waals surface area contributed by atoms with Gasteiger partial charge in [-0.05, 0) is 65.7 Å². The van der Waals surface area contributed by atoms with Crippen molar-refractivity contribution >= 4 is 0 Å². The van der Waals surface area contributed by atoms with Crippen molar-refractivity contribution in [1.29, 1.82) is 0 Å². The van der Waals surface area contributed by atoms with E-state index < -0.39 is 0 Å². The van der Waals surface area contributed by atoms with Gasteiger partial charge in [0.15, 0.2) is 0 Å². The highest BCUT2D eigenvalue weighted by atomic mass is 15.3. The zero-order valence-electron chi connectivity index (χ0n) is 14.2. The summed E-state index contributed by atoms with van der Waals surface area (Å²) >= 11 is 0. The Kier molecular flexibility index (Phi) is 4.60. The summed E-state index contributed by atoms with van der Waals surface area (Å²) in [5, 5.41) is 0. The summed E-state index contributed by atoms with van der Waals surface area (Å²) < 4.78 is 0. The number of likely N-dealkylation sites (N-methyl/N-ethyl adjacent to an activating group) is 1. The molecule has 3 rings (SSSR count). The monoisotopic (exact) mass is 294 g/mol. The first-order valence-electron chi connectivity index (χ1n) is 9.00. The molecular weight excluding hydrogens is 260 g/mol. The molecule has 2 N–H and O–H groups in total. The van der Waals surface area contributed by atoms with Crippen molar-refractivity contribution in [3.8, 4) is 0 Å². The molecule has 4 nitrogen and oxygen atoms in total. The van der Waals surface area contributed by atoms with E-state index in [-0.39, 0.29) is 5.54 Å². The Morgan fingerprint density at radius 2 is 1.86 bits per heavy atom. The molecule has 4 heteroatoms. The smallest absolute Gasteiger partial charge is 0.0473 e. The van der Waals surface area contributed by atoms with Crippen LogP contribution in [0.15, 0.2) is 0 Å². The summed E-state index contributed by atoms with van der Waals surface area (Å²) in [6.07, 6.45) is 6.69. The zero-order chi connectivity index (χ0) is 15.0. The van der Waals surface area contributed by atoms with Gasteiger partial charge in [0, 0.05) is 36.8 Å². The van der Waals surface area contributed by atoms with E-state index in [1.165, 1.54) is 58.3 Å². The average molecular weight is 294 g/mol.